The molecule has 0 aliphatic carbocycles. The number of nitrogens with one attached hydrogen (secondary N) is 2. The van der Waals surface area contributed by atoms with E-state index in [0.717, 1.165) is 19.6 Å². The Kier molecular flexibility index (Phi) is 22.1. The first kappa shape index (κ1) is 26.9. The molecule has 0 saturated heterocycles. The van der Waals surface area contributed by atoms with Crippen LogP contribution in [0.3, 0.4) is 0 Å². The Labute approximate surface area is 172 Å². The van der Waals surface area contributed by atoms with Crippen molar-refractivity contribution in [3.63, 3.8) is 0 Å². The normalized spacial score (nSPS) is 13.8. The summed E-state index contributed by atoms with van der Waals surface area (Å²) in [4.78, 5) is 0. The third kappa shape index (κ3) is 23.8. The number of unbranched alkanes of at least 4 members (excludes halogenated alkanes) is 15. The van der Waals surface area contributed by atoms with Gasteiger partial charge in [0, 0.05) is 25.2 Å². The van der Waals surface area contributed by atoms with Crippen molar-refractivity contribution >= 4 is 0 Å². The van der Waals surface area contributed by atoms with Crippen LogP contribution in [0.25, 0.3) is 0 Å². The molecule has 0 saturated carbocycles. The lowest BCUT2D eigenvalue weighted by Gasteiger charge is -2.16. The van der Waals surface area contributed by atoms with Gasteiger partial charge in [-0.3, -0.25) is 0 Å². The van der Waals surface area contributed by atoms with E-state index in [9.17, 15) is 0 Å². The van der Waals surface area contributed by atoms with Crippen molar-refractivity contribution in [1.29, 1.82) is 0 Å². The van der Waals surface area contributed by atoms with Gasteiger partial charge in [-0.25, -0.2) is 0 Å². The Bertz CT molecular complexity index is 268. The molecule has 0 aromatic heterocycles. The number of nitrogens with two attached hydrogens (primary N) is 1. The average molecular weight is 384 g/mol. The molecule has 0 amide bonds. The molecule has 2 atom stereocenters. The maximum absolute atomic E-state index is 5.76. The smallest absolute Gasteiger partial charge is 0.0164 e. The van der Waals surface area contributed by atoms with Crippen molar-refractivity contribution in [2.75, 3.05) is 19.6 Å². The molecular formula is C24H53N3. The van der Waals surface area contributed by atoms with Gasteiger partial charge in [-0.2, -0.15) is 0 Å². The van der Waals surface area contributed by atoms with E-state index in [-0.39, 0.29) is 6.04 Å². The molecule has 0 bridgehead atoms. The molecular weight excluding hydrogens is 330 g/mol. The molecule has 2 unspecified atom stereocenters. The van der Waals surface area contributed by atoms with Gasteiger partial charge in [0.25, 0.3) is 0 Å². The van der Waals surface area contributed by atoms with Crippen LogP contribution < -0.4 is 16.4 Å². The molecule has 164 valence electrons. The Morgan fingerprint density at radius 2 is 1.00 bits per heavy atom. The second kappa shape index (κ2) is 22.2. The van der Waals surface area contributed by atoms with Crippen molar-refractivity contribution in [1.82, 2.24) is 10.6 Å². The SMILES string of the molecule is CCCCCCCCCCCCCCCCCCNCC(C)NCC(C)N. The van der Waals surface area contributed by atoms with E-state index < -0.39 is 0 Å². The third-order valence-corrected chi connectivity index (χ3v) is 5.45. The number of hydrogen-bond acceptors (Lipinski definition) is 3. The van der Waals surface area contributed by atoms with Crippen molar-refractivity contribution in [2.45, 2.75) is 136 Å². The molecule has 0 aliphatic rings. The second-order valence-corrected chi connectivity index (χ2v) is 8.79. The first-order valence-corrected chi connectivity index (χ1v) is 12.4. The van der Waals surface area contributed by atoms with Crippen LogP contribution >= 0.6 is 0 Å². The predicted octanol–water partition coefficient (Wildman–Crippen LogP) is 6.16. The molecule has 0 radical (unpaired) electrons. The van der Waals surface area contributed by atoms with E-state index in [0.29, 0.717) is 6.04 Å². The zero-order valence-corrected chi connectivity index (χ0v) is 19.2. The molecule has 0 heterocycles. The van der Waals surface area contributed by atoms with E-state index >= 15 is 0 Å². The molecule has 27 heavy (non-hydrogen) atoms. The van der Waals surface area contributed by atoms with Gasteiger partial charge in [0.05, 0.1) is 0 Å². The Morgan fingerprint density at radius 3 is 1.41 bits per heavy atom. The van der Waals surface area contributed by atoms with Gasteiger partial charge in [-0.05, 0) is 26.8 Å². The highest BCUT2D eigenvalue weighted by atomic mass is 15.0. The van der Waals surface area contributed by atoms with Crippen LogP contribution in [-0.2, 0) is 0 Å². The quantitative estimate of drug-likeness (QED) is 0.196. The minimum Gasteiger partial charge on any atom is -0.327 e. The molecule has 4 N–H and O–H groups in total. The van der Waals surface area contributed by atoms with E-state index in [2.05, 4.69) is 24.5 Å². The van der Waals surface area contributed by atoms with Gasteiger partial charge in [-0.1, -0.05) is 103 Å². The lowest BCUT2D eigenvalue weighted by molar-refractivity contribution is 0.474. The average Bonchev–Trinajstić information content (AvgIpc) is 2.65. The fraction of sp³-hybridized carbons (Fsp3) is 1.00. The number of hydrogen-bond donors (Lipinski definition) is 3. The van der Waals surface area contributed by atoms with Crippen LogP contribution in [0.2, 0.25) is 0 Å². The van der Waals surface area contributed by atoms with Gasteiger partial charge in [0.2, 0.25) is 0 Å². The fourth-order valence-corrected chi connectivity index (χ4v) is 3.58. The van der Waals surface area contributed by atoms with Crippen LogP contribution in [0.4, 0.5) is 0 Å². The first-order valence-electron chi connectivity index (χ1n) is 12.4. The molecule has 0 aromatic rings. The van der Waals surface area contributed by atoms with E-state index in [4.69, 9.17) is 5.73 Å². The Hall–Kier alpha value is -0.120. The Morgan fingerprint density at radius 1 is 0.593 bits per heavy atom. The fourth-order valence-electron chi connectivity index (χ4n) is 3.58. The van der Waals surface area contributed by atoms with Crippen LogP contribution in [0.1, 0.15) is 124 Å². The van der Waals surface area contributed by atoms with Crippen molar-refractivity contribution < 1.29 is 0 Å². The molecule has 0 aromatic carbocycles. The summed E-state index contributed by atoms with van der Waals surface area (Å²) in [5.41, 5.74) is 5.76. The molecule has 0 fully saturated rings. The predicted molar refractivity (Wildman–Crippen MR) is 124 cm³/mol. The van der Waals surface area contributed by atoms with Gasteiger partial charge in [0.15, 0.2) is 0 Å². The van der Waals surface area contributed by atoms with Crippen molar-refractivity contribution in [3.05, 3.63) is 0 Å². The third-order valence-electron chi connectivity index (χ3n) is 5.45. The van der Waals surface area contributed by atoms with Gasteiger partial charge >= 0.3 is 0 Å². The largest absolute Gasteiger partial charge is 0.327 e. The topological polar surface area (TPSA) is 50.1 Å². The van der Waals surface area contributed by atoms with E-state index in [1.807, 2.05) is 6.92 Å². The van der Waals surface area contributed by atoms with Crippen LogP contribution in [-0.4, -0.2) is 31.7 Å². The number of rotatable bonds is 22. The van der Waals surface area contributed by atoms with Gasteiger partial charge < -0.3 is 16.4 Å². The van der Waals surface area contributed by atoms with Crippen LogP contribution in [0, 0.1) is 0 Å². The summed E-state index contributed by atoms with van der Waals surface area (Å²) in [6.45, 7) is 9.67. The van der Waals surface area contributed by atoms with Gasteiger partial charge in [0.1, 0.15) is 0 Å². The molecule has 3 heteroatoms. The monoisotopic (exact) mass is 383 g/mol. The second-order valence-electron chi connectivity index (χ2n) is 8.79. The summed E-state index contributed by atoms with van der Waals surface area (Å²) >= 11 is 0. The summed E-state index contributed by atoms with van der Waals surface area (Å²) in [5.74, 6) is 0. The lowest BCUT2D eigenvalue weighted by Crippen LogP contribution is -2.41. The highest BCUT2D eigenvalue weighted by molar-refractivity contribution is 4.67. The van der Waals surface area contributed by atoms with Crippen molar-refractivity contribution in [2.24, 2.45) is 5.73 Å². The molecule has 3 nitrogen and oxygen atoms in total. The first-order chi connectivity index (χ1) is 13.2. The molecule has 0 spiro atoms. The minimum absolute atomic E-state index is 0.243. The zero-order chi connectivity index (χ0) is 20.0. The standard InChI is InChI=1S/C24H53N3/c1-4-5-6-7-8-9-10-11-12-13-14-15-16-17-18-19-20-26-22-24(3)27-21-23(2)25/h23-24,26-27H,4-22,25H2,1-3H3. The van der Waals surface area contributed by atoms with Crippen LogP contribution in [0.15, 0.2) is 0 Å². The van der Waals surface area contributed by atoms with Gasteiger partial charge in [-0.15, -0.1) is 0 Å². The maximum Gasteiger partial charge on any atom is 0.0164 e. The summed E-state index contributed by atoms with van der Waals surface area (Å²) in [5, 5.41) is 7.01. The molecule has 0 aliphatic heterocycles. The lowest BCUT2D eigenvalue weighted by atomic mass is 10.0. The summed E-state index contributed by atoms with van der Waals surface area (Å²) in [6, 6.07) is 0.754. The van der Waals surface area contributed by atoms with E-state index in [1.54, 1.807) is 0 Å². The summed E-state index contributed by atoms with van der Waals surface area (Å²) in [6.07, 6.45) is 23.0. The van der Waals surface area contributed by atoms with Crippen LogP contribution in [0.5, 0.6) is 0 Å². The zero-order valence-electron chi connectivity index (χ0n) is 19.2. The highest BCUT2D eigenvalue weighted by Gasteiger charge is 2.01. The maximum atomic E-state index is 5.76. The van der Waals surface area contributed by atoms with Crippen molar-refractivity contribution in [3.8, 4) is 0 Å². The summed E-state index contributed by atoms with van der Waals surface area (Å²) in [7, 11) is 0. The summed E-state index contributed by atoms with van der Waals surface area (Å²) < 4.78 is 0. The Balaban J connectivity index is 3.07. The molecule has 0 rings (SSSR count). The minimum atomic E-state index is 0.243. The highest BCUT2D eigenvalue weighted by Crippen LogP contribution is 2.13. The van der Waals surface area contributed by atoms with E-state index in [1.165, 1.54) is 103 Å².